The van der Waals surface area contributed by atoms with Gasteiger partial charge in [0.25, 0.3) is 0 Å². The highest BCUT2D eigenvalue weighted by Gasteiger charge is 2.28. The largest absolute Gasteiger partial charge is 0.378 e. The monoisotopic (exact) mass is 280 g/mol. The van der Waals surface area contributed by atoms with E-state index >= 15 is 0 Å². The Bertz CT molecular complexity index is 486. The number of amides is 2. The summed E-state index contributed by atoms with van der Waals surface area (Å²) in [7, 11) is 1.57. The van der Waals surface area contributed by atoms with Crippen LogP contribution in [0.4, 0.5) is 5.69 Å². The first-order chi connectivity index (χ1) is 9.60. The predicted octanol–water partition coefficient (Wildman–Crippen LogP) is 0.383. The highest BCUT2D eigenvalue weighted by atomic mass is 16.5. The normalized spacial score (nSPS) is 22.3. The van der Waals surface area contributed by atoms with Crippen LogP contribution in [0.5, 0.6) is 0 Å². The highest BCUT2D eigenvalue weighted by molar-refractivity contribution is 5.92. The second-order valence-corrected chi connectivity index (χ2v) is 4.91. The summed E-state index contributed by atoms with van der Waals surface area (Å²) < 4.78 is 6.97. The van der Waals surface area contributed by atoms with Gasteiger partial charge >= 0.3 is 0 Å². The Morgan fingerprint density at radius 2 is 2.35 bits per heavy atom. The average molecular weight is 280 g/mol. The van der Waals surface area contributed by atoms with Crippen molar-refractivity contribution in [1.82, 2.24) is 15.1 Å². The molecule has 0 radical (unpaired) electrons. The summed E-state index contributed by atoms with van der Waals surface area (Å²) in [6, 6.07) is 0. The van der Waals surface area contributed by atoms with Gasteiger partial charge in [-0.1, -0.05) is 0 Å². The Morgan fingerprint density at radius 1 is 1.55 bits per heavy atom. The standard InChI is InChI=1S/C13H20N4O3/c1-9-11(4-3-5-20-9)13(19)16-10-6-15-17(7-10)8-12(18)14-2/h6-7,9,11H,3-5,8H2,1-2H3,(H,14,18)(H,16,19). The van der Waals surface area contributed by atoms with Crippen LogP contribution in [0.3, 0.4) is 0 Å². The Balaban J connectivity index is 1.92. The lowest BCUT2D eigenvalue weighted by Gasteiger charge is -2.27. The van der Waals surface area contributed by atoms with Crippen LogP contribution in [0, 0.1) is 5.92 Å². The lowest BCUT2D eigenvalue weighted by Crippen LogP contribution is -2.36. The highest BCUT2D eigenvalue weighted by Crippen LogP contribution is 2.22. The maximum atomic E-state index is 12.2. The third-order valence-electron chi connectivity index (χ3n) is 3.43. The van der Waals surface area contributed by atoms with Gasteiger partial charge in [-0.25, -0.2) is 0 Å². The smallest absolute Gasteiger partial charge is 0.241 e. The molecule has 2 atom stereocenters. The Kier molecular flexibility index (Phi) is 4.73. The van der Waals surface area contributed by atoms with Crippen LogP contribution in [-0.4, -0.2) is 41.4 Å². The topological polar surface area (TPSA) is 85.2 Å². The van der Waals surface area contributed by atoms with Gasteiger partial charge in [-0.3, -0.25) is 14.3 Å². The van der Waals surface area contributed by atoms with Gasteiger partial charge in [0.05, 0.1) is 23.9 Å². The minimum Gasteiger partial charge on any atom is -0.378 e. The zero-order valence-electron chi connectivity index (χ0n) is 11.8. The van der Waals surface area contributed by atoms with Gasteiger partial charge in [0.15, 0.2) is 0 Å². The van der Waals surface area contributed by atoms with Gasteiger partial charge in [0, 0.05) is 19.9 Å². The maximum Gasteiger partial charge on any atom is 0.241 e. The van der Waals surface area contributed by atoms with Crippen molar-refractivity contribution in [2.75, 3.05) is 19.0 Å². The van der Waals surface area contributed by atoms with Crippen molar-refractivity contribution in [3.05, 3.63) is 12.4 Å². The molecule has 2 amide bonds. The molecule has 2 unspecified atom stereocenters. The zero-order chi connectivity index (χ0) is 14.5. The molecule has 2 rings (SSSR count). The molecule has 110 valence electrons. The number of ether oxygens (including phenoxy) is 1. The second kappa shape index (κ2) is 6.51. The molecule has 0 bridgehead atoms. The number of nitrogens with one attached hydrogen (secondary N) is 2. The second-order valence-electron chi connectivity index (χ2n) is 4.91. The molecule has 0 aliphatic carbocycles. The summed E-state index contributed by atoms with van der Waals surface area (Å²) >= 11 is 0. The van der Waals surface area contributed by atoms with Crippen LogP contribution in [-0.2, 0) is 20.9 Å². The van der Waals surface area contributed by atoms with Gasteiger partial charge in [-0.15, -0.1) is 0 Å². The molecule has 1 fully saturated rings. The molecule has 1 aliphatic rings. The molecular weight excluding hydrogens is 260 g/mol. The van der Waals surface area contributed by atoms with Crippen molar-refractivity contribution in [3.63, 3.8) is 0 Å². The minimum atomic E-state index is -0.139. The zero-order valence-corrected chi connectivity index (χ0v) is 11.8. The van der Waals surface area contributed by atoms with Crippen LogP contribution >= 0.6 is 0 Å². The van der Waals surface area contributed by atoms with E-state index in [0.29, 0.717) is 5.69 Å². The molecule has 2 N–H and O–H groups in total. The predicted molar refractivity (Wildman–Crippen MR) is 73.1 cm³/mol. The third-order valence-corrected chi connectivity index (χ3v) is 3.43. The summed E-state index contributed by atoms with van der Waals surface area (Å²) in [6.07, 6.45) is 4.85. The number of likely N-dealkylation sites (N-methyl/N-ethyl adjacent to an activating group) is 1. The molecule has 7 heteroatoms. The van der Waals surface area contributed by atoms with Gasteiger partial charge in [-0.2, -0.15) is 5.10 Å². The summed E-state index contributed by atoms with van der Waals surface area (Å²) in [6.45, 7) is 2.77. The van der Waals surface area contributed by atoms with Crippen molar-refractivity contribution in [3.8, 4) is 0 Å². The van der Waals surface area contributed by atoms with Crippen LogP contribution in [0.25, 0.3) is 0 Å². The van der Waals surface area contributed by atoms with Crippen molar-refractivity contribution >= 4 is 17.5 Å². The van der Waals surface area contributed by atoms with E-state index in [9.17, 15) is 9.59 Å². The van der Waals surface area contributed by atoms with Crippen molar-refractivity contribution in [1.29, 1.82) is 0 Å². The Labute approximate surface area is 117 Å². The molecule has 0 aromatic carbocycles. The minimum absolute atomic E-state index is 0.0586. The first-order valence-corrected chi connectivity index (χ1v) is 6.75. The van der Waals surface area contributed by atoms with Gasteiger partial charge in [-0.05, 0) is 19.8 Å². The molecule has 0 spiro atoms. The van der Waals surface area contributed by atoms with E-state index < -0.39 is 0 Å². The SMILES string of the molecule is CNC(=O)Cn1cc(NC(=O)C2CCCOC2C)cn1. The van der Waals surface area contributed by atoms with Crippen LogP contribution in [0.15, 0.2) is 12.4 Å². The molecule has 20 heavy (non-hydrogen) atoms. The molecule has 1 aromatic heterocycles. The Hall–Kier alpha value is -1.89. The van der Waals surface area contributed by atoms with E-state index in [0.717, 1.165) is 19.4 Å². The maximum absolute atomic E-state index is 12.2. The van der Waals surface area contributed by atoms with E-state index in [2.05, 4.69) is 15.7 Å². The molecule has 1 saturated heterocycles. The van der Waals surface area contributed by atoms with Crippen LogP contribution < -0.4 is 10.6 Å². The van der Waals surface area contributed by atoms with Crippen LogP contribution in [0.2, 0.25) is 0 Å². The number of aromatic nitrogens is 2. The molecule has 1 aromatic rings. The number of hydrogen-bond donors (Lipinski definition) is 2. The molecule has 0 saturated carbocycles. The number of nitrogens with zero attached hydrogens (tertiary/aromatic N) is 2. The third kappa shape index (κ3) is 3.57. The van der Waals surface area contributed by atoms with Gasteiger partial charge in [0.2, 0.25) is 11.8 Å². The summed E-state index contributed by atoms with van der Waals surface area (Å²) in [4.78, 5) is 23.4. The van der Waals surface area contributed by atoms with E-state index in [1.165, 1.54) is 10.9 Å². The van der Waals surface area contributed by atoms with E-state index in [4.69, 9.17) is 4.74 Å². The van der Waals surface area contributed by atoms with Crippen LogP contribution in [0.1, 0.15) is 19.8 Å². The number of carbonyl (C=O) groups excluding carboxylic acids is 2. The first kappa shape index (κ1) is 14.5. The number of rotatable bonds is 4. The van der Waals surface area contributed by atoms with E-state index in [-0.39, 0.29) is 30.4 Å². The van der Waals surface area contributed by atoms with Crippen molar-refractivity contribution in [2.45, 2.75) is 32.4 Å². The lowest BCUT2D eigenvalue weighted by molar-refractivity contribution is -0.128. The fraction of sp³-hybridized carbons (Fsp3) is 0.615. The van der Waals surface area contributed by atoms with Gasteiger partial charge in [0.1, 0.15) is 6.54 Å². The molecule has 2 heterocycles. The number of hydrogen-bond acceptors (Lipinski definition) is 4. The first-order valence-electron chi connectivity index (χ1n) is 6.75. The fourth-order valence-corrected chi connectivity index (χ4v) is 2.24. The number of carbonyl (C=O) groups is 2. The molecular formula is C13H20N4O3. The molecule has 1 aliphatic heterocycles. The quantitative estimate of drug-likeness (QED) is 0.835. The van der Waals surface area contributed by atoms with Gasteiger partial charge < -0.3 is 15.4 Å². The summed E-state index contributed by atoms with van der Waals surface area (Å²) in [5, 5.41) is 9.37. The summed E-state index contributed by atoms with van der Waals surface area (Å²) in [5.41, 5.74) is 0.594. The fourth-order valence-electron chi connectivity index (χ4n) is 2.24. The van der Waals surface area contributed by atoms with E-state index in [1.54, 1.807) is 13.2 Å². The summed E-state index contributed by atoms with van der Waals surface area (Å²) in [5.74, 6) is -0.331. The average Bonchev–Trinajstić information content (AvgIpc) is 2.86. The van der Waals surface area contributed by atoms with Crippen molar-refractivity contribution < 1.29 is 14.3 Å². The van der Waals surface area contributed by atoms with Crippen molar-refractivity contribution in [2.24, 2.45) is 5.92 Å². The molecule has 7 nitrogen and oxygen atoms in total. The van der Waals surface area contributed by atoms with E-state index in [1.807, 2.05) is 6.92 Å². The number of anilines is 1. The lowest BCUT2D eigenvalue weighted by atomic mass is 9.94. The Morgan fingerprint density at radius 3 is 3.05 bits per heavy atom.